The number of halogens is 4. The molecule has 1 spiro atoms. The van der Waals surface area contributed by atoms with Gasteiger partial charge in [0.25, 0.3) is 15.7 Å². The molecule has 7 nitrogen and oxygen atoms in total. The third-order valence-electron chi connectivity index (χ3n) is 6.27. The molecule has 0 N–H and O–H groups in total. The van der Waals surface area contributed by atoms with Crippen molar-refractivity contribution in [2.45, 2.75) is 29.3 Å². The van der Waals surface area contributed by atoms with Gasteiger partial charge in [-0.3, -0.25) is 14.7 Å². The van der Waals surface area contributed by atoms with Crippen LogP contribution in [0.1, 0.15) is 13.3 Å². The number of carbonyl (C=O) groups excluding carboxylic acids is 2. The number of sulfone groups is 1. The predicted molar refractivity (Wildman–Crippen MR) is 113 cm³/mol. The molecule has 1 aliphatic heterocycles. The number of imide groups is 1. The SMILES string of the molecule is CC1CC12C(=O)N(c1ccc(S(=O)(=O)C(F)(F)F)cc1)C(=O)N2c1ccnc2cccc(F)c12. The zero-order chi connectivity index (χ0) is 24.6. The number of hydrogen-bond donors (Lipinski definition) is 0. The Bertz CT molecular complexity index is 1470. The van der Waals surface area contributed by atoms with E-state index >= 15 is 0 Å². The van der Waals surface area contributed by atoms with Gasteiger partial charge in [0.05, 0.1) is 27.2 Å². The normalized spacial score (nSPS) is 22.8. The summed E-state index contributed by atoms with van der Waals surface area (Å²) in [5.41, 5.74) is -6.46. The summed E-state index contributed by atoms with van der Waals surface area (Å²) in [6.45, 7) is 1.75. The number of pyridine rings is 1. The number of hydrogen-bond acceptors (Lipinski definition) is 5. The van der Waals surface area contributed by atoms with Gasteiger partial charge < -0.3 is 0 Å². The maximum absolute atomic E-state index is 14.7. The predicted octanol–water partition coefficient (Wildman–Crippen LogP) is 4.42. The third-order valence-corrected chi connectivity index (χ3v) is 7.77. The minimum Gasteiger partial charge on any atom is -0.277 e. The van der Waals surface area contributed by atoms with Gasteiger partial charge in [0.15, 0.2) is 0 Å². The van der Waals surface area contributed by atoms with Crippen molar-refractivity contribution in [1.29, 1.82) is 0 Å². The average molecular weight is 493 g/mol. The number of anilines is 2. The Morgan fingerprint density at radius 1 is 1.06 bits per heavy atom. The molecule has 1 saturated heterocycles. The first-order valence-electron chi connectivity index (χ1n) is 10.0. The Morgan fingerprint density at radius 3 is 2.29 bits per heavy atom. The van der Waals surface area contributed by atoms with Gasteiger partial charge in [-0.25, -0.2) is 22.5 Å². The number of nitrogens with zero attached hydrogens (tertiary/aromatic N) is 3. The summed E-state index contributed by atoms with van der Waals surface area (Å²) in [5, 5.41) is 0.0538. The number of fused-ring (bicyclic) bond motifs is 1. The van der Waals surface area contributed by atoms with Crippen LogP contribution < -0.4 is 9.80 Å². The number of carbonyl (C=O) groups is 2. The van der Waals surface area contributed by atoms with Crippen molar-refractivity contribution < 1.29 is 35.6 Å². The Labute approximate surface area is 190 Å². The highest BCUT2D eigenvalue weighted by molar-refractivity contribution is 7.92. The van der Waals surface area contributed by atoms with Gasteiger partial charge in [0.2, 0.25) is 0 Å². The monoisotopic (exact) mass is 493 g/mol. The second-order valence-electron chi connectivity index (χ2n) is 8.20. The third kappa shape index (κ3) is 2.87. The second-order valence-corrected chi connectivity index (χ2v) is 10.1. The standard InChI is InChI=1S/C22H15F4N3O4S/c1-12-11-21(12)19(30)28(13-5-7-14(8-6-13)34(32,33)22(24,25)26)20(31)29(21)17-9-10-27-16-4-2-3-15(23)18(16)17/h2-10,12H,11H2,1H3. The molecule has 2 unspecified atom stereocenters. The van der Waals surface area contributed by atoms with E-state index in [9.17, 15) is 35.6 Å². The quantitative estimate of drug-likeness (QED) is 0.398. The van der Waals surface area contributed by atoms with Crippen LogP contribution in [0.15, 0.2) is 59.6 Å². The van der Waals surface area contributed by atoms with Crippen molar-refractivity contribution in [2.24, 2.45) is 5.92 Å². The van der Waals surface area contributed by atoms with Gasteiger partial charge in [-0.15, -0.1) is 0 Å². The molecule has 0 radical (unpaired) electrons. The lowest BCUT2D eigenvalue weighted by Gasteiger charge is -2.23. The van der Waals surface area contributed by atoms with Crippen molar-refractivity contribution in [3.8, 4) is 0 Å². The Kier molecular flexibility index (Phi) is 4.57. The van der Waals surface area contributed by atoms with E-state index in [2.05, 4.69) is 4.98 Å². The van der Waals surface area contributed by atoms with E-state index in [0.717, 1.165) is 17.0 Å². The summed E-state index contributed by atoms with van der Waals surface area (Å²) in [5.74, 6) is -1.53. The van der Waals surface area contributed by atoms with E-state index < -0.39 is 43.5 Å². The molecule has 2 heterocycles. The van der Waals surface area contributed by atoms with Gasteiger partial charge in [0, 0.05) is 6.20 Å². The van der Waals surface area contributed by atoms with Crippen LogP contribution in [0, 0.1) is 11.7 Å². The first kappa shape index (κ1) is 22.3. The first-order valence-corrected chi connectivity index (χ1v) is 11.5. The lowest BCUT2D eigenvalue weighted by Crippen LogP contribution is -2.39. The van der Waals surface area contributed by atoms with Crippen LogP contribution in [-0.4, -0.2) is 36.4 Å². The number of rotatable bonds is 3. The maximum atomic E-state index is 14.7. The smallest absolute Gasteiger partial charge is 0.277 e. The molecule has 5 rings (SSSR count). The molecule has 1 aliphatic carbocycles. The summed E-state index contributed by atoms with van der Waals surface area (Å²) in [6.07, 6.45) is 1.68. The number of aromatic nitrogens is 1. The highest BCUT2D eigenvalue weighted by Crippen LogP contribution is 2.56. The molecule has 1 saturated carbocycles. The zero-order valence-electron chi connectivity index (χ0n) is 17.4. The van der Waals surface area contributed by atoms with Crippen LogP contribution in [-0.2, 0) is 14.6 Å². The first-order chi connectivity index (χ1) is 15.9. The number of urea groups is 1. The van der Waals surface area contributed by atoms with Crippen LogP contribution >= 0.6 is 0 Å². The topological polar surface area (TPSA) is 87.7 Å². The fraction of sp³-hybridized carbons (Fsp3) is 0.227. The molecule has 176 valence electrons. The molecule has 2 fully saturated rings. The van der Waals surface area contributed by atoms with Crippen molar-refractivity contribution >= 4 is 44.1 Å². The van der Waals surface area contributed by atoms with Gasteiger partial charge in [-0.2, -0.15) is 13.2 Å². The molecular weight excluding hydrogens is 478 g/mol. The minimum atomic E-state index is -5.59. The van der Waals surface area contributed by atoms with Crippen molar-refractivity contribution in [3.05, 3.63) is 60.5 Å². The second kappa shape index (κ2) is 6.98. The van der Waals surface area contributed by atoms with Gasteiger partial charge in [-0.1, -0.05) is 13.0 Å². The van der Waals surface area contributed by atoms with E-state index in [-0.39, 0.29) is 28.2 Å². The molecule has 12 heteroatoms. The summed E-state index contributed by atoms with van der Waals surface area (Å²) in [7, 11) is -5.59. The molecule has 3 amide bonds. The van der Waals surface area contributed by atoms with Crippen LogP contribution in [0.3, 0.4) is 0 Å². The number of amides is 3. The highest BCUT2D eigenvalue weighted by Gasteiger charge is 2.70. The Balaban J connectivity index is 1.61. The molecule has 3 aromatic rings. The largest absolute Gasteiger partial charge is 0.501 e. The van der Waals surface area contributed by atoms with Crippen LogP contribution in [0.25, 0.3) is 10.9 Å². The van der Waals surface area contributed by atoms with Gasteiger partial charge >= 0.3 is 11.5 Å². The highest BCUT2D eigenvalue weighted by atomic mass is 32.2. The molecule has 1 aromatic heterocycles. The maximum Gasteiger partial charge on any atom is 0.501 e. The molecule has 0 bridgehead atoms. The average Bonchev–Trinajstić information content (AvgIpc) is 3.39. The molecule has 2 aromatic carbocycles. The summed E-state index contributed by atoms with van der Waals surface area (Å²) < 4.78 is 76.6. The molecular formula is C22H15F4N3O4S. The van der Waals surface area contributed by atoms with Gasteiger partial charge in [0.1, 0.15) is 11.4 Å². The summed E-state index contributed by atoms with van der Waals surface area (Å²) in [6, 6.07) is 8.12. The van der Waals surface area contributed by atoms with Crippen LogP contribution in [0.2, 0.25) is 0 Å². The van der Waals surface area contributed by atoms with Crippen LogP contribution in [0.4, 0.5) is 33.7 Å². The Morgan fingerprint density at radius 2 is 1.71 bits per heavy atom. The van der Waals surface area contributed by atoms with E-state index in [1.54, 1.807) is 13.0 Å². The Hall–Kier alpha value is -3.54. The van der Waals surface area contributed by atoms with Crippen LogP contribution in [0.5, 0.6) is 0 Å². The lowest BCUT2D eigenvalue weighted by atomic mass is 10.1. The van der Waals surface area contributed by atoms with E-state index in [1.165, 1.54) is 29.3 Å². The molecule has 2 atom stereocenters. The van der Waals surface area contributed by atoms with Crippen molar-refractivity contribution in [1.82, 2.24) is 4.98 Å². The summed E-state index contributed by atoms with van der Waals surface area (Å²) in [4.78, 5) is 32.0. The molecule has 34 heavy (non-hydrogen) atoms. The minimum absolute atomic E-state index is 0.0538. The number of alkyl halides is 3. The van der Waals surface area contributed by atoms with Crippen molar-refractivity contribution in [3.63, 3.8) is 0 Å². The van der Waals surface area contributed by atoms with E-state index in [4.69, 9.17) is 0 Å². The fourth-order valence-electron chi connectivity index (χ4n) is 4.45. The van der Waals surface area contributed by atoms with E-state index in [1.807, 2.05) is 0 Å². The zero-order valence-corrected chi connectivity index (χ0v) is 18.2. The van der Waals surface area contributed by atoms with E-state index in [0.29, 0.717) is 18.6 Å². The van der Waals surface area contributed by atoms with Gasteiger partial charge in [-0.05, 0) is 54.8 Å². The fourth-order valence-corrected chi connectivity index (χ4v) is 5.21. The summed E-state index contributed by atoms with van der Waals surface area (Å²) >= 11 is 0. The number of benzene rings is 2. The molecule has 2 aliphatic rings. The lowest BCUT2D eigenvalue weighted by molar-refractivity contribution is -0.119. The van der Waals surface area contributed by atoms with Crippen molar-refractivity contribution in [2.75, 3.05) is 9.80 Å².